The van der Waals surface area contributed by atoms with E-state index < -0.39 is 5.97 Å². The summed E-state index contributed by atoms with van der Waals surface area (Å²) in [4.78, 5) is 13.3. The van der Waals surface area contributed by atoms with Crippen LogP contribution < -0.4 is 0 Å². The van der Waals surface area contributed by atoms with Gasteiger partial charge in [-0.1, -0.05) is 13.0 Å². The van der Waals surface area contributed by atoms with E-state index in [0.717, 1.165) is 30.9 Å². The predicted molar refractivity (Wildman–Crippen MR) is 72.2 cm³/mol. The van der Waals surface area contributed by atoms with Crippen molar-refractivity contribution in [3.8, 4) is 0 Å². The van der Waals surface area contributed by atoms with Crippen LogP contribution in [0.25, 0.3) is 11.0 Å². The van der Waals surface area contributed by atoms with Crippen molar-refractivity contribution in [3.05, 3.63) is 35.6 Å². The fourth-order valence-corrected chi connectivity index (χ4v) is 2.72. The number of hydrogen-bond acceptors (Lipinski definition) is 3. The maximum absolute atomic E-state index is 10.9. The van der Waals surface area contributed by atoms with Crippen LogP contribution in [-0.4, -0.2) is 29.1 Å². The molecule has 0 saturated carbocycles. The van der Waals surface area contributed by atoms with Gasteiger partial charge in [-0.3, -0.25) is 4.90 Å². The Hall–Kier alpha value is -1.81. The molecule has 1 unspecified atom stereocenters. The molecule has 0 aliphatic carbocycles. The molecule has 1 aliphatic rings. The molecule has 0 amide bonds. The molecule has 2 aromatic rings. The molecule has 19 heavy (non-hydrogen) atoms. The van der Waals surface area contributed by atoms with Crippen LogP contribution in [0.15, 0.2) is 28.7 Å². The second-order valence-electron chi connectivity index (χ2n) is 5.42. The average molecular weight is 259 g/mol. The van der Waals surface area contributed by atoms with Crippen molar-refractivity contribution in [2.45, 2.75) is 19.9 Å². The molecule has 1 aliphatic heterocycles. The fourth-order valence-electron chi connectivity index (χ4n) is 2.72. The fraction of sp³-hybridized carbons (Fsp3) is 0.400. The largest absolute Gasteiger partial charge is 0.475 e. The van der Waals surface area contributed by atoms with Gasteiger partial charge in [-0.15, -0.1) is 0 Å². The quantitative estimate of drug-likeness (QED) is 0.920. The van der Waals surface area contributed by atoms with Crippen LogP contribution in [-0.2, 0) is 6.54 Å². The van der Waals surface area contributed by atoms with E-state index in [1.165, 1.54) is 12.0 Å². The summed E-state index contributed by atoms with van der Waals surface area (Å²) < 4.78 is 5.26. The van der Waals surface area contributed by atoms with Crippen LogP contribution in [0.5, 0.6) is 0 Å². The number of likely N-dealkylation sites (tertiary alicyclic amines) is 1. The molecule has 1 N–H and O–H groups in total. The van der Waals surface area contributed by atoms with E-state index in [4.69, 9.17) is 9.52 Å². The molecular weight excluding hydrogens is 242 g/mol. The van der Waals surface area contributed by atoms with E-state index in [0.29, 0.717) is 5.58 Å². The van der Waals surface area contributed by atoms with E-state index >= 15 is 0 Å². The van der Waals surface area contributed by atoms with Crippen LogP contribution in [0, 0.1) is 5.92 Å². The lowest BCUT2D eigenvalue weighted by molar-refractivity contribution is 0.0665. The minimum absolute atomic E-state index is 0.00180. The summed E-state index contributed by atoms with van der Waals surface area (Å²) in [5, 5.41) is 9.78. The summed E-state index contributed by atoms with van der Waals surface area (Å²) in [7, 11) is 0. The highest BCUT2D eigenvalue weighted by Gasteiger charge is 2.18. The minimum atomic E-state index is -1.02. The van der Waals surface area contributed by atoms with Crippen molar-refractivity contribution in [1.29, 1.82) is 0 Å². The summed E-state index contributed by atoms with van der Waals surface area (Å²) in [6, 6.07) is 7.49. The highest BCUT2D eigenvalue weighted by molar-refractivity contribution is 5.91. The van der Waals surface area contributed by atoms with Crippen LogP contribution in [0.1, 0.15) is 29.5 Å². The SMILES string of the molecule is CC1CCN(Cc2ccc3oc(C(=O)O)cc3c2)C1. The molecule has 2 heterocycles. The number of carboxylic acid groups (broad SMARTS) is 1. The number of aromatic carboxylic acids is 1. The van der Waals surface area contributed by atoms with Gasteiger partial charge < -0.3 is 9.52 Å². The first kappa shape index (κ1) is 12.2. The third-order valence-corrected chi connectivity index (χ3v) is 3.71. The number of carbonyl (C=O) groups is 1. The molecule has 0 spiro atoms. The van der Waals surface area contributed by atoms with Gasteiger partial charge in [0.05, 0.1) is 0 Å². The van der Waals surface area contributed by atoms with Gasteiger partial charge in [-0.25, -0.2) is 4.79 Å². The third-order valence-electron chi connectivity index (χ3n) is 3.71. The lowest BCUT2D eigenvalue weighted by atomic mass is 10.1. The number of carboxylic acids is 1. The van der Waals surface area contributed by atoms with Gasteiger partial charge in [-0.2, -0.15) is 0 Å². The van der Waals surface area contributed by atoms with Gasteiger partial charge in [0.2, 0.25) is 5.76 Å². The predicted octanol–water partition coefficient (Wildman–Crippen LogP) is 2.97. The van der Waals surface area contributed by atoms with Gasteiger partial charge in [0.1, 0.15) is 5.58 Å². The lowest BCUT2D eigenvalue weighted by Gasteiger charge is -2.15. The molecule has 100 valence electrons. The van der Waals surface area contributed by atoms with Crippen molar-refractivity contribution in [3.63, 3.8) is 0 Å². The molecule has 1 saturated heterocycles. The zero-order valence-electron chi connectivity index (χ0n) is 10.9. The first-order chi connectivity index (χ1) is 9.11. The Labute approximate surface area is 111 Å². The second kappa shape index (κ2) is 4.70. The van der Waals surface area contributed by atoms with Crippen molar-refractivity contribution in [2.75, 3.05) is 13.1 Å². The molecule has 0 bridgehead atoms. The summed E-state index contributed by atoms with van der Waals surface area (Å²) in [6.07, 6.45) is 1.26. The standard InChI is InChI=1S/C15H17NO3/c1-10-4-5-16(8-10)9-11-2-3-13-12(6-11)7-14(19-13)15(17)18/h2-3,6-7,10H,4-5,8-9H2,1H3,(H,17,18). The molecule has 0 radical (unpaired) electrons. The normalized spacial score (nSPS) is 20.2. The number of rotatable bonds is 3. The van der Waals surface area contributed by atoms with Crippen LogP contribution in [0.2, 0.25) is 0 Å². The Bertz CT molecular complexity index is 617. The number of nitrogens with zero attached hydrogens (tertiary/aromatic N) is 1. The average Bonchev–Trinajstić information content (AvgIpc) is 2.95. The van der Waals surface area contributed by atoms with Crippen LogP contribution in [0.3, 0.4) is 0 Å². The smallest absolute Gasteiger partial charge is 0.371 e. The monoisotopic (exact) mass is 259 g/mol. The number of hydrogen-bond donors (Lipinski definition) is 1. The minimum Gasteiger partial charge on any atom is -0.475 e. The Balaban J connectivity index is 1.83. The summed E-state index contributed by atoms with van der Waals surface area (Å²) >= 11 is 0. The summed E-state index contributed by atoms with van der Waals surface area (Å²) in [6.45, 7) is 5.49. The van der Waals surface area contributed by atoms with E-state index in [1.54, 1.807) is 6.07 Å². The van der Waals surface area contributed by atoms with Gasteiger partial charge in [0.25, 0.3) is 0 Å². The molecule has 1 fully saturated rings. The van der Waals surface area contributed by atoms with E-state index in [1.807, 2.05) is 18.2 Å². The van der Waals surface area contributed by atoms with Crippen molar-refractivity contribution < 1.29 is 14.3 Å². The van der Waals surface area contributed by atoms with Crippen molar-refractivity contribution in [2.24, 2.45) is 5.92 Å². The van der Waals surface area contributed by atoms with Gasteiger partial charge in [0.15, 0.2) is 0 Å². The second-order valence-corrected chi connectivity index (χ2v) is 5.42. The molecule has 4 nitrogen and oxygen atoms in total. The first-order valence-corrected chi connectivity index (χ1v) is 6.60. The molecule has 3 rings (SSSR count). The Morgan fingerprint density at radius 1 is 1.47 bits per heavy atom. The highest BCUT2D eigenvalue weighted by atomic mass is 16.4. The maximum atomic E-state index is 10.9. The van der Waals surface area contributed by atoms with Crippen LogP contribution in [0.4, 0.5) is 0 Å². The zero-order valence-corrected chi connectivity index (χ0v) is 10.9. The number of benzene rings is 1. The zero-order chi connectivity index (χ0) is 13.4. The van der Waals surface area contributed by atoms with Crippen LogP contribution >= 0.6 is 0 Å². The molecule has 1 aromatic carbocycles. The third kappa shape index (κ3) is 2.49. The number of furan rings is 1. The molecule has 4 heteroatoms. The summed E-state index contributed by atoms with van der Waals surface area (Å²) in [5.41, 5.74) is 1.84. The Morgan fingerprint density at radius 2 is 2.32 bits per heavy atom. The van der Waals surface area contributed by atoms with Gasteiger partial charge in [0, 0.05) is 18.5 Å². The lowest BCUT2D eigenvalue weighted by Crippen LogP contribution is -2.19. The Kier molecular flexibility index (Phi) is 3.03. The van der Waals surface area contributed by atoms with Crippen molar-refractivity contribution >= 4 is 16.9 Å². The van der Waals surface area contributed by atoms with E-state index in [2.05, 4.69) is 11.8 Å². The van der Waals surface area contributed by atoms with Crippen molar-refractivity contribution in [1.82, 2.24) is 4.90 Å². The molecular formula is C15H17NO3. The van der Waals surface area contributed by atoms with Gasteiger partial charge >= 0.3 is 5.97 Å². The molecule has 1 atom stereocenters. The maximum Gasteiger partial charge on any atom is 0.371 e. The highest BCUT2D eigenvalue weighted by Crippen LogP contribution is 2.23. The van der Waals surface area contributed by atoms with Gasteiger partial charge in [-0.05, 0) is 42.6 Å². The topological polar surface area (TPSA) is 53.7 Å². The van der Waals surface area contributed by atoms with E-state index in [-0.39, 0.29) is 5.76 Å². The Morgan fingerprint density at radius 3 is 3.00 bits per heavy atom. The van der Waals surface area contributed by atoms with E-state index in [9.17, 15) is 4.79 Å². The first-order valence-electron chi connectivity index (χ1n) is 6.60. The summed E-state index contributed by atoms with van der Waals surface area (Å²) in [5.74, 6) is -0.246. The number of fused-ring (bicyclic) bond motifs is 1. The molecule has 1 aromatic heterocycles.